The normalized spacial score (nSPS) is 30.6. The maximum Gasteiger partial charge on any atom is 0.00118 e. The Labute approximate surface area is 96.2 Å². The molecule has 0 saturated carbocycles. The monoisotopic (exact) mass is 211 g/mol. The van der Waals surface area contributed by atoms with E-state index in [1.807, 2.05) is 0 Å². The smallest absolute Gasteiger partial charge is 0.00118 e. The lowest BCUT2D eigenvalue weighted by Gasteiger charge is -2.46. The quantitative estimate of drug-likeness (QED) is 0.591. The summed E-state index contributed by atoms with van der Waals surface area (Å²) in [6.45, 7) is 16.9. The van der Waals surface area contributed by atoms with Gasteiger partial charge in [0.05, 0.1) is 0 Å². The predicted molar refractivity (Wildman–Crippen MR) is 68.0 cm³/mol. The zero-order valence-electron chi connectivity index (χ0n) is 11.7. The van der Waals surface area contributed by atoms with Gasteiger partial charge in [-0.1, -0.05) is 41.5 Å². The molecule has 0 spiro atoms. The van der Waals surface area contributed by atoms with Crippen molar-refractivity contribution < 1.29 is 0 Å². The Bertz CT molecular complexity index is 184. The molecule has 1 nitrogen and oxygen atoms in total. The molecule has 1 aliphatic heterocycles. The molecule has 1 saturated heterocycles. The summed E-state index contributed by atoms with van der Waals surface area (Å²) in [5, 5.41) is 0. The van der Waals surface area contributed by atoms with Gasteiger partial charge in [0.15, 0.2) is 0 Å². The Morgan fingerprint density at radius 3 is 1.40 bits per heavy atom. The third kappa shape index (κ3) is 3.48. The third-order valence-electron chi connectivity index (χ3n) is 4.08. The molecule has 0 amide bonds. The highest BCUT2D eigenvalue weighted by Gasteiger charge is 2.37. The van der Waals surface area contributed by atoms with Gasteiger partial charge in [-0.2, -0.15) is 0 Å². The third-order valence-corrected chi connectivity index (χ3v) is 4.08. The van der Waals surface area contributed by atoms with E-state index in [0.717, 1.165) is 11.8 Å². The Balaban J connectivity index is 2.73. The highest BCUT2D eigenvalue weighted by Crippen LogP contribution is 2.41. The minimum absolute atomic E-state index is 0.457. The Morgan fingerprint density at radius 2 is 1.13 bits per heavy atom. The minimum Gasteiger partial charge on any atom is -0.306 e. The molecule has 2 atom stereocenters. The van der Waals surface area contributed by atoms with Crippen LogP contribution in [0.3, 0.4) is 0 Å². The van der Waals surface area contributed by atoms with Crippen molar-refractivity contribution in [1.82, 2.24) is 4.90 Å². The van der Waals surface area contributed by atoms with Gasteiger partial charge in [0.1, 0.15) is 0 Å². The van der Waals surface area contributed by atoms with Gasteiger partial charge < -0.3 is 4.90 Å². The summed E-state index contributed by atoms with van der Waals surface area (Å²) >= 11 is 0. The average molecular weight is 211 g/mol. The fraction of sp³-hybridized carbons (Fsp3) is 1.00. The van der Waals surface area contributed by atoms with Crippen LogP contribution < -0.4 is 0 Å². The summed E-state index contributed by atoms with van der Waals surface area (Å²) < 4.78 is 0. The number of rotatable bonds is 0. The standard InChI is InChI=1S/C14H29N/c1-13(2,3)11-8-12(14(4,5)6)10-15(7)9-11/h11-12H,8-10H2,1-7H3. The molecule has 90 valence electrons. The van der Waals surface area contributed by atoms with Gasteiger partial charge >= 0.3 is 0 Å². The van der Waals surface area contributed by atoms with Gasteiger partial charge in [-0.15, -0.1) is 0 Å². The van der Waals surface area contributed by atoms with E-state index in [0.29, 0.717) is 10.8 Å². The molecule has 0 aromatic heterocycles. The summed E-state index contributed by atoms with van der Waals surface area (Å²) in [6, 6.07) is 0. The van der Waals surface area contributed by atoms with Crippen molar-refractivity contribution in [3.8, 4) is 0 Å². The van der Waals surface area contributed by atoms with E-state index in [1.165, 1.54) is 19.5 Å². The molecule has 1 aliphatic rings. The number of hydrogen-bond acceptors (Lipinski definition) is 1. The van der Waals surface area contributed by atoms with E-state index in [1.54, 1.807) is 0 Å². The van der Waals surface area contributed by atoms with Crippen LogP contribution in [0.15, 0.2) is 0 Å². The zero-order chi connectivity index (χ0) is 11.9. The van der Waals surface area contributed by atoms with Crippen LogP contribution >= 0.6 is 0 Å². The van der Waals surface area contributed by atoms with Crippen molar-refractivity contribution in [2.45, 2.75) is 48.0 Å². The second kappa shape index (κ2) is 4.08. The maximum absolute atomic E-state index is 2.52. The second-order valence-corrected chi connectivity index (χ2v) is 7.58. The van der Waals surface area contributed by atoms with E-state index in [9.17, 15) is 0 Å². The lowest BCUT2D eigenvalue weighted by Crippen LogP contribution is -2.46. The molecule has 0 aliphatic carbocycles. The van der Waals surface area contributed by atoms with Gasteiger partial charge in [0.2, 0.25) is 0 Å². The van der Waals surface area contributed by atoms with Gasteiger partial charge in [-0.05, 0) is 36.1 Å². The SMILES string of the molecule is CN1CC(C(C)(C)C)CC(C(C)(C)C)C1. The molecule has 1 heteroatoms. The number of likely N-dealkylation sites (tertiary alicyclic amines) is 1. The van der Waals surface area contributed by atoms with Crippen LogP contribution in [0.1, 0.15) is 48.0 Å². The summed E-state index contributed by atoms with van der Waals surface area (Å²) in [4.78, 5) is 2.52. The maximum atomic E-state index is 2.52. The van der Waals surface area contributed by atoms with Crippen LogP contribution in [-0.2, 0) is 0 Å². The first-order chi connectivity index (χ1) is 6.60. The van der Waals surface area contributed by atoms with E-state index in [-0.39, 0.29) is 0 Å². The molecule has 0 bridgehead atoms. The summed E-state index contributed by atoms with van der Waals surface area (Å²) in [6.07, 6.45) is 1.40. The van der Waals surface area contributed by atoms with Crippen LogP contribution in [0, 0.1) is 22.7 Å². The molecule has 0 N–H and O–H groups in total. The lowest BCUT2D eigenvalue weighted by atomic mass is 9.67. The van der Waals surface area contributed by atoms with E-state index in [4.69, 9.17) is 0 Å². The first-order valence-corrected chi connectivity index (χ1v) is 6.29. The highest BCUT2D eigenvalue weighted by molar-refractivity contribution is 4.88. The van der Waals surface area contributed by atoms with Crippen molar-refractivity contribution in [3.05, 3.63) is 0 Å². The largest absolute Gasteiger partial charge is 0.306 e. The minimum atomic E-state index is 0.457. The van der Waals surface area contributed by atoms with Gasteiger partial charge in [0.25, 0.3) is 0 Å². The summed E-state index contributed by atoms with van der Waals surface area (Å²) in [5.74, 6) is 1.70. The van der Waals surface area contributed by atoms with Crippen molar-refractivity contribution in [2.75, 3.05) is 20.1 Å². The van der Waals surface area contributed by atoms with Crippen LogP contribution in [0.5, 0.6) is 0 Å². The molecular weight excluding hydrogens is 182 g/mol. The first kappa shape index (κ1) is 13.0. The summed E-state index contributed by atoms with van der Waals surface area (Å²) in [5.41, 5.74) is 0.913. The molecule has 15 heavy (non-hydrogen) atoms. The van der Waals surface area contributed by atoms with Crippen LogP contribution in [0.2, 0.25) is 0 Å². The fourth-order valence-electron chi connectivity index (χ4n) is 2.57. The first-order valence-electron chi connectivity index (χ1n) is 6.29. The number of nitrogens with zero attached hydrogens (tertiary/aromatic N) is 1. The van der Waals surface area contributed by atoms with Crippen LogP contribution in [0.4, 0.5) is 0 Å². The van der Waals surface area contributed by atoms with Gasteiger partial charge in [-0.3, -0.25) is 0 Å². The average Bonchev–Trinajstić information content (AvgIpc) is 1.99. The Morgan fingerprint density at radius 1 is 0.800 bits per heavy atom. The molecule has 2 unspecified atom stereocenters. The Kier molecular flexibility index (Phi) is 3.55. The molecule has 0 radical (unpaired) electrons. The van der Waals surface area contributed by atoms with Gasteiger partial charge in [0, 0.05) is 13.1 Å². The fourth-order valence-corrected chi connectivity index (χ4v) is 2.57. The van der Waals surface area contributed by atoms with Crippen molar-refractivity contribution >= 4 is 0 Å². The molecule has 1 heterocycles. The lowest BCUT2D eigenvalue weighted by molar-refractivity contribution is 0.0329. The van der Waals surface area contributed by atoms with E-state index >= 15 is 0 Å². The van der Waals surface area contributed by atoms with Crippen molar-refractivity contribution in [1.29, 1.82) is 0 Å². The second-order valence-electron chi connectivity index (χ2n) is 7.58. The zero-order valence-corrected chi connectivity index (χ0v) is 11.7. The summed E-state index contributed by atoms with van der Waals surface area (Å²) in [7, 11) is 2.27. The van der Waals surface area contributed by atoms with Crippen molar-refractivity contribution in [2.24, 2.45) is 22.7 Å². The highest BCUT2D eigenvalue weighted by atomic mass is 15.1. The molecular formula is C14H29N. The van der Waals surface area contributed by atoms with Crippen LogP contribution in [0.25, 0.3) is 0 Å². The topological polar surface area (TPSA) is 3.24 Å². The van der Waals surface area contributed by atoms with Gasteiger partial charge in [-0.25, -0.2) is 0 Å². The van der Waals surface area contributed by atoms with Crippen molar-refractivity contribution in [3.63, 3.8) is 0 Å². The van der Waals surface area contributed by atoms with E-state index in [2.05, 4.69) is 53.5 Å². The van der Waals surface area contributed by atoms with E-state index < -0.39 is 0 Å². The molecule has 0 aromatic carbocycles. The predicted octanol–water partition coefficient (Wildman–Crippen LogP) is 3.65. The molecule has 1 fully saturated rings. The molecule has 1 rings (SSSR count). The molecule has 0 aromatic rings. The Hall–Kier alpha value is -0.0400. The number of hydrogen-bond donors (Lipinski definition) is 0. The number of piperidine rings is 1. The van der Waals surface area contributed by atoms with Crippen LogP contribution in [-0.4, -0.2) is 25.0 Å².